The molecule has 2 rings (SSSR count). The summed E-state index contributed by atoms with van der Waals surface area (Å²) in [5.41, 5.74) is 3.51. The van der Waals surface area contributed by atoms with Crippen molar-refractivity contribution < 1.29 is 13.2 Å². The van der Waals surface area contributed by atoms with Crippen LogP contribution in [0.2, 0.25) is 0 Å². The largest absolute Gasteiger partial charge is 0.492 e. The molecule has 0 heterocycles. The fraction of sp³-hybridized carbons (Fsp3) is 0.571. The maximum absolute atomic E-state index is 12.0. The van der Waals surface area contributed by atoms with E-state index in [0.29, 0.717) is 13.2 Å². The van der Waals surface area contributed by atoms with E-state index in [1.165, 1.54) is 0 Å². The Bertz CT molecular complexity index is 986. The molecule has 34 heavy (non-hydrogen) atoms. The molecule has 190 valence electrons. The normalized spacial score (nSPS) is 14.0. The van der Waals surface area contributed by atoms with Crippen molar-refractivity contribution in [1.29, 1.82) is 0 Å². The van der Waals surface area contributed by atoms with E-state index in [-0.39, 0.29) is 17.0 Å². The number of nitrogens with one attached hydrogen (secondary N) is 1. The second-order valence-electron chi connectivity index (χ2n) is 11.3. The third-order valence-electron chi connectivity index (χ3n) is 6.08. The summed E-state index contributed by atoms with van der Waals surface area (Å²) in [6.07, 6.45) is 0. The van der Waals surface area contributed by atoms with Gasteiger partial charge in [0, 0.05) is 24.2 Å². The molecule has 0 aliphatic heterocycles. The molecule has 1 unspecified atom stereocenters. The van der Waals surface area contributed by atoms with E-state index in [1.807, 2.05) is 19.1 Å². The van der Waals surface area contributed by atoms with Gasteiger partial charge in [-0.3, -0.25) is 4.90 Å². The van der Waals surface area contributed by atoms with E-state index < -0.39 is 15.3 Å². The van der Waals surface area contributed by atoms with Crippen molar-refractivity contribution in [2.75, 3.05) is 19.7 Å². The first-order valence-electron chi connectivity index (χ1n) is 12.2. The maximum Gasteiger partial charge on any atom is 0.213 e. The summed E-state index contributed by atoms with van der Waals surface area (Å²) < 4.78 is 32.7. The SMILES string of the molecule is CC(CNS(=O)(=O)C(C)C)c1ccc(-c2ccc(OCCN(C(C)(C)C)C(C)(C)C)cc2)cc1. The minimum Gasteiger partial charge on any atom is -0.492 e. The summed E-state index contributed by atoms with van der Waals surface area (Å²) >= 11 is 0. The highest BCUT2D eigenvalue weighted by Crippen LogP contribution is 2.26. The van der Waals surface area contributed by atoms with Gasteiger partial charge in [-0.1, -0.05) is 43.3 Å². The predicted molar refractivity (Wildman–Crippen MR) is 144 cm³/mol. The molecule has 0 radical (unpaired) electrons. The van der Waals surface area contributed by atoms with Crippen molar-refractivity contribution in [2.45, 2.75) is 84.6 Å². The van der Waals surface area contributed by atoms with E-state index >= 15 is 0 Å². The van der Waals surface area contributed by atoms with Crippen LogP contribution in [-0.2, 0) is 10.0 Å². The minimum atomic E-state index is -3.25. The molecular formula is C28H44N2O3S. The molecule has 0 bridgehead atoms. The van der Waals surface area contributed by atoms with Crippen molar-refractivity contribution in [1.82, 2.24) is 9.62 Å². The van der Waals surface area contributed by atoms with Crippen LogP contribution in [0.4, 0.5) is 0 Å². The van der Waals surface area contributed by atoms with Crippen molar-refractivity contribution in [3.8, 4) is 16.9 Å². The number of hydrogen-bond acceptors (Lipinski definition) is 4. The molecule has 5 nitrogen and oxygen atoms in total. The average molecular weight is 489 g/mol. The lowest BCUT2D eigenvalue weighted by Crippen LogP contribution is -2.53. The van der Waals surface area contributed by atoms with Crippen LogP contribution in [0.3, 0.4) is 0 Å². The van der Waals surface area contributed by atoms with Gasteiger partial charge < -0.3 is 4.74 Å². The third-order valence-corrected chi connectivity index (χ3v) is 7.89. The van der Waals surface area contributed by atoms with Gasteiger partial charge in [0.05, 0.1) is 5.25 Å². The van der Waals surface area contributed by atoms with Gasteiger partial charge in [-0.2, -0.15) is 0 Å². The van der Waals surface area contributed by atoms with Gasteiger partial charge in [-0.05, 0) is 90.1 Å². The first-order chi connectivity index (χ1) is 15.6. The molecule has 6 heteroatoms. The maximum atomic E-state index is 12.0. The first kappa shape index (κ1) is 28.3. The molecule has 0 aromatic heterocycles. The molecule has 0 saturated carbocycles. The highest BCUT2D eigenvalue weighted by Gasteiger charge is 2.31. The summed E-state index contributed by atoms with van der Waals surface area (Å²) in [5.74, 6) is 0.966. The molecule has 0 spiro atoms. The summed E-state index contributed by atoms with van der Waals surface area (Å²) in [5, 5.41) is -0.426. The first-order valence-corrected chi connectivity index (χ1v) is 13.8. The minimum absolute atomic E-state index is 0.0773. The second kappa shape index (κ2) is 11.2. The van der Waals surface area contributed by atoms with Gasteiger partial charge in [0.15, 0.2) is 0 Å². The highest BCUT2D eigenvalue weighted by atomic mass is 32.2. The number of benzene rings is 2. The van der Waals surface area contributed by atoms with Crippen LogP contribution in [0.25, 0.3) is 11.1 Å². The lowest BCUT2D eigenvalue weighted by molar-refractivity contribution is 0.0259. The molecule has 2 aromatic carbocycles. The number of sulfonamides is 1. The Morgan fingerprint density at radius 2 is 1.29 bits per heavy atom. The molecule has 0 aliphatic rings. The van der Waals surface area contributed by atoms with Crippen LogP contribution >= 0.6 is 0 Å². The number of ether oxygens (including phenoxy) is 1. The van der Waals surface area contributed by atoms with Gasteiger partial charge in [0.2, 0.25) is 10.0 Å². The summed E-state index contributed by atoms with van der Waals surface area (Å²) in [4.78, 5) is 2.46. The van der Waals surface area contributed by atoms with Gasteiger partial charge in [0.1, 0.15) is 12.4 Å². The Kier molecular flexibility index (Phi) is 9.37. The van der Waals surface area contributed by atoms with Crippen molar-refractivity contribution in [3.05, 3.63) is 54.1 Å². The molecule has 0 fully saturated rings. The predicted octanol–water partition coefficient (Wildman–Crippen LogP) is 6.06. The van der Waals surface area contributed by atoms with Crippen molar-refractivity contribution >= 4 is 10.0 Å². The van der Waals surface area contributed by atoms with Gasteiger partial charge in [0.25, 0.3) is 0 Å². The van der Waals surface area contributed by atoms with Gasteiger partial charge in [-0.15, -0.1) is 0 Å². The average Bonchev–Trinajstić information content (AvgIpc) is 2.74. The monoisotopic (exact) mass is 488 g/mol. The molecule has 1 atom stereocenters. The Hall–Kier alpha value is -1.89. The molecule has 2 aromatic rings. The summed E-state index contributed by atoms with van der Waals surface area (Å²) in [6.45, 7) is 20.7. The molecule has 0 saturated heterocycles. The smallest absolute Gasteiger partial charge is 0.213 e. The van der Waals surface area contributed by atoms with Crippen LogP contribution in [0.5, 0.6) is 5.75 Å². The quantitative estimate of drug-likeness (QED) is 0.441. The number of hydrogen-bond donors (Lipinski definition) is 1. The van der Waals surface area contributed by atoms with E-state index in [9.17, 15) is 8.42 Å². The number of nitrogens with zero attached hydrogens (tertiary/aromatic N) is 1. The van der Waals surface area contributed by atoms with Crippen LogP contribution in [0.1, 0.15) is 73.8 Å². The van der Waals surface area contributed by atoms with Crippen LogP contribution < -0.4 is 9.46 Å². The Labute approximate surface area is 208 Å². The van der Waals surface area contributed by atoms with E-state index in [4.69, 9.17) is 4.74 Å². The van der Waals surface area contributed by atoms with Crippen LogP contribution in [-0.4, -0.2) is 49.3 Å². The third kappa shape index (κ3) is 8.10. The Balaban J connectivity index is 1.96. The fourth-order valence-corrected chi connectivity index (χ4v) is 5.02. The fourth-order valence-electron chi connectivity index (χ4n) is 4.21. The number of rotatable bonds is 10. The molecular weight excluding hydrogens is 444 g/mol. The standard InChI is InChI=1S/C28H44N2O3S/c1-21(2)34(31,32)29-20-22(3)23-10-12-24(13-11-23)25-14-16-26(17-15-25)33-19-18-30(27(4,5)6)28(7,8)9/h10-17,21-22,29H,18-20H2,1-9H3. The van der Waals surface area contributed by atoms with E-state index in [1.54, 1.807) is 13.8 Å². The Morgan fingerprint density at radius 1 is 0.824 bits per heavy atom. The zero-order valence-electron chi connectivity index (χ0n) is 22.5. The van der Waals surface area contributed by atoms with Gasteiger partial charge >= 0.3 is 0 Å². The van der Waals surface area contributed by atoms with Crippen LogP contribution in [0.15, 0.2) is 48.5 Å². The Morgan fingerprint density at radius 3 is 1.74 bits per heavy atom. The molecule has 0 amide bonds. The highest BCUT2D eigenvalue weighted by molar-refractivity contribution is 7.90. The lowest BCUT2D eigenvalue weighted by atomic mass is 9.96. The van der Waals surface area contributed by atoms with E-state index in [2.05, 4.69) is 87.6 Å². The summed E-state index contributed by atoms with van der Waals surface area (Å²) in [6, 6.07) is 16.5. The molecule has 1 N–H and O–H groups in total. The second-order valence-corrected chi connectivity index (χ2v) is 13.7. The topological polar surface area (TPSA) is 58.6 Å². The zero-order chi connectivity index (χ0) is 25.7. The van der Waals surface area contributed by atoms with E-state index in [0.717, 1.165) is 29.0 Å². The van der Waals surface area contributed by atoms with Crippen molar-refractivity contribution in [2.24, 2.45) is 0 Å². The zero-order valence-corrected chi connectivity index (χ0v) is 23.3. The lowest BCUT2D eigenvalue weighted by Gasteiger charge is -2.45. The molecule has 0 aliphatic carbocycles. The van der Waals surface area contributed by atoms with Gasteiger partial charge in [-0.25, -0.2) is 13.1 Å². The van der Waals surface area contributed by atoms with Crippen LogP contribution in [0, 0.1) is 0 Å². The van der Waals surface area contributed by atoms with Crippen molar-refractivity contribution in [3.63, 3.8) is 0 Å². The summed E-state index contributed by atoms with van der Waals surface area (Å²) in [7, 11) is -3.25.